The molecule has 0 fully saturated rings. The van der Waals surface area contributed by atoms with Crippen molar-refractivity contribution in [1.82, 2.24) is 4.90 Å². The van der Waals surface area contributed by atoms with E-state index in [0.717, 1.165) is 19.4 Å². The highest BCUT2D eigenvalue weighted by Gasteiger charge is 2.06. The summed E-state index contributed by atoms with van der Waals surface area (Å²) in [5.41, 5.74) is 1.39. The highest BCUT2D eigenvalue weighted by atomic mass is 16.3. The number of likely N-dealkylation sites (N-methyl/N-ethyl adjacent to an activating group) is 1. The van der Waals surface area contributed by atoms with E-state index in [1.165, 1.54) is 5.56 Å². The lowest BCUT2D eigenvalue weighted by Crippen LogP contribution is -2.32. The molecule has 0 aliphatic rings. The number of aryl methyl sites for hydroxylation is 1. The monoisotopic (exact) mass is 207 g/mol. The molecular formula is C13H21NO. The van der Waals surface area contributed by atoms with Crippen LogP contribution in [-0.2, 0) is 6.42 Å². The molecular weight excluding hydrogens is 186 g/mol. The zero-order valence-electron chi connectivity index (χ0n) is 9.69. The second-order valence-corrected chi connectivity index (χ2v) is 4.10. The first-order chi connectivity index (χ1) is 7.24. The van der Waals surface area contributed by atoms with Crippen LogP contribution >= 0.6 is 0 Å². The van der Waals surface area contributed by atoms with Crippen LogP contribution in [0.5, 0.6) is 0 Å². The van der Waals surface area contributed by atoms with Gasteiger partial charge in [0.25, 0.3) is 0 Å². The predicted octanol–water partition coefficient (Wildman–Crippen LogP) is 1.93. The Balaban J connectivity index is 2.22. The van der Waals surface area contributed by atoms with Gasteiger partial charge in [-0.05, 0) is 38.9 Å². The Labute approximate surface area is 92.5 Å². The van der Waals surface area contributed by atoms with Gasteiger partial charge in [0.2, 0.25) is 0 Å². The second kappa shape index (κ2) is 6.59. The van der Waals surface area contributed by atoms with Crippen molar-refractivity contribution in [3.8, 4) is 0 Å². The van der Waals surface area contributed by atoms with Crippen LogP contribution in [0.3, 0.4) is 0 Å². The highest BCUT2D eigenvalue weighted by molar-refractivity contribution is 5.14. The van der Waals surface area contributed by atoms with Crippen LogP contribution in [0.15, 0.2) is 30.3 Å². The third kappa shape index (κ3) is 4.45. The van der Waals surface area contributed by atoms with Gasteiger partial charge < -0.3 is 10.0 Å². The van der Waals surface area contributed by atoms with Gasteiger partial charge in [-0.3, -0.25) is 0 Å². The molecule has 0 amide bonds. The summed E-state index contributed by atoms with van der Waals surface area (Å²) >= 11 is 0. The first kappa shape index (κ1) is 12.2. The van der Waals surface area contributed by atoms with Crippen LogP contribution in [0.25, 0.3) is 0 Å². The van der Waals surface area contributed by atoms with Crippen molar-refractivity contribution in [1.29, 1.82) is 0 Å². The maximum atomic E-state index is 8.98. The lowest BCUT2D eigenvalue weighted by atomic mass is 10.1. The van der Waals surface area contributed by atoms with E-state index in [-0.39, 0.29) is 12.6 Å². The summed E-state index contributed by atoms with van der Waals surface area (Å²) in [5, 5.41) is 8.98. The molecule has 0 aromatic heterocycles. The Hall–Kier alpha value is -0.860. The fourth-order valence-corrected chi connectivity index (χ4v) is 1.54. The summed E-state index contributed by atoms with van der Waals surface area (Å²) in [6.07, 6.45) is 2.26. The molecule has 15 heavy (non-hydrogen) atoms. The second-order valence-electron chi connectivity index (χ2n) is 4.10. The number of hydrogen-bond acceptors (Lipinski definition) is 2. The molecule has 1 N–H and O–H groups in total. The highest BCUT2D eigenvalue weighted by Crippen LogP contribution is 2.04. The van der Waals surface area contributed by atoms with Crippen molar-refractivity contribution < 1.29 is 5.11 Å². The summed E-state index contributed by atoms with van der Waals surface area (Å²) in [6, 6.07) is 10.8. The average molecular weight is 207 g/mol. The third-order valence-corrected chi connectivity index (χ3v) is 2.84. The van der Waals surface area contributed by atoms with Crippen LogP contribution in [0, 0.1) is 0 Å². The van der Waals surface area contributed by atoms with Gasteiger partial charge in [-0.1, -0.05) is 30.3 Å². The summed E-state index contributed by atoms with van der Waals surface area (Å²) in [5.74, 6) is 0. The minimum atomic E-state index is 0.238. The molecule has 0 saturated carbocycles. The maximum Gasteiger partial charge on any atom is 0.0584 e. The quantitative estimate of drug-likeness (QED) is 0.770. The molecule has 1 atom stereocenters. The normalized spacial score (nSPS) is 13.1. The van der Waals surface area contributed by atoms with Gasteiger partial charge in [-0.2, -0.15) is 0 Å². The van der Waals surface area contributed by atoms with E-state index in [4.69, 9.17) is 5.11 Å². The minimum absolute atomic E-state index is 0.238. The van der Waals surface area contributed by atoms with E-state index in [2.05, 4.69) is 36.2 Å². The third-order valence-electron chi connectivity index (χ3n) is 2.84. The Morgan fingerprint density at radius 2 is 1.93 bits per heavy atom. The molecule has 0 bridgehead atoms. The average Bonchev–Trinajstić information content (AvgIpc) is 2.29. The number of hydrogen-bond donors (Lipinski definition) is 1. The van der Waals surface area contributed by atoms with Crippen LogP contribution in [-0.4, -0.2) is 36.2 Å². The smallest absolute Gasteiger partial charge is 0.0584 e. The van der Waals surface area contributed by atoms with Crippen LogP contribution in [0.1, 0.15) is 18.9 Å². The predicted molar refractivity (Wildman–Crippen MR) is 63.9 cm³/mol. The lowest BCUT2D eigenvalue weighted by Gasteiger charge is -2.22. The zero-order chi connectivity index (χ0) is 11.1. The molecule has 2 nitrogen and oxygen atoms in total. The van der Waals surface area contributed by atoms with Crippen LogP contribution < -0.4 is 0 Å². The molecule has 0 aliphatic carbocycles. The summed E-state index contributed by atoms with van der Waals surface area (Å²) < 4.78 is 0. The topological polar surface area (TPSA) is 23.5 Å². The maximum absolute atomic E-state index is 8.98. The SMILES string of the molecule is CC(CO)N(C)CCCc1ccccc1. The lowest BCUT2D eigenvalue weighted by molar-refractivity contribution is 0.158. The molecule has 0 aliphatic heterocycles. The molecule has 2 heteroatoms. The van der Waals surface area contributed by atoms with E-state index < -0.39 is 0 Å². The fraction of sp³-hybridized carbons (Fsp3) is 0.538. The molecule has 0 spiro atoms. The van der Waals surface area contributed by atoms with E-state index in [9.17, 15) is 0 Å². The Kier molecular flexibility index (Phi) is 5.37. The standard InChI is InChI=1S/C13H21NO/c1-12(11-15)14(2)10-6-9-13-7-4-3-5-8-13/h3-5,7-8,12,15H,6,9-11H2,1-2H3. The van der Waals surface area contributed by atoms with Gasteiger partial charge in [0.05, 0.1) is 6.61 Å². The number of benzene rings is 1. The van der Waals surface area contributed by atoms with Crippen molar-refractivity contribution in [2.24, 2.45) is 0 Å². The van der Waals surface area contributed by atoms with Gasteiger partial charge >= 0.3 is 0 Å². The molecule has 1 aromatic rings. The number of aliphatic hydroxyl groups excluding tert-OH is 1. The van der Waals surface area contributed by atoms with E-state index in [1.807, 2.05) is 13.0 Å². The fourth-order valence-electron chi connectivity index (χ4n) is 1.54. The van der Waals surface area contributed by atoms with Gasteiger partial charge in [-0.25, -0.2) is 0 Å². The van der Waals surface area contributed by atoms with Crippen LogP contribution in [0.2, 0.25) is 0 Å². The minimum Gasteiger partial charge on any atom is -0.395 e. The Bertz CT molecular complexity index is 260. The van der Waals surface area contributed by atoms with E-state index in [1.54, 1.807) is 0 Å². The molecule has 84 valence electrons. The van der Waals surface area contributed by atoms with Crippen molar-refractivity contribution in [2.75, 3.05) is 20.2 Å². The van der Waals surface area contributed by atoms with Gasteiger partial charge in [-0.15, -0.1) is 0 Å². The van der Waals surface area contributed by atoms with Crippen LogP contribution in [0.4, 0.5) is 0 Å². The molecule has 0 heterocycles. The number of aliphatic hydroxyl groups is 1. The molecule has 1 aromatic carbocycles. The van der Waals surface area contributed by atoms with Crippen molar-refractivity contribution >= 4 is 0 Å². The summed E-state index contributed by atoms with van der Waals surface area (Å²) in [6.45, 7) is 3.32. The van der Waals surface area contributed by atoms with E-state index >= 15 is 0 Å². The Morgan fingerprint density at radius 1 is 1.27 bits per heavy atom. The van der Waals surface area contributed by atoms with Gasteiger partial charge in [0.15, 0.2) is 0 Å². The first-order valence-corrected chi connectivity index (χ1v) is 5.59. The molecule has 1 rings (SSSR count). The number of nitrogens with zero attached hydrogens (tertiary/aromatic N) is 1. The van der Waals surface area contributed by atoms with E-state index in [0.29, 0.717) is 0 Å². The first-order valence-electron chi connectivity index (χ1n) is 5.59. The number of rotatable bonds is 6. The summed E-state index contributed by atoms with van der Waals surface area (Å²) in [4.78, 5) is 2.20. The van der Waals surface area contributed by atoms with Crippen molar-refractivity contribution in [2.45, 2.75) is 25.8 Å². The molecule has 0 radical (unpaired) electrons. The van der Waals surface area contributed by atoms with Gasteiger partial charge in [0, 0.05) is 6.04 Å². The molecule has 0 saturated heterocycles. The largest absolute Gasteiger partial charge is 0.395 e. The van der Waals surface area contributed by atoms with Crippen molar-refractivity contribution in [3.63, 3.8) is 0 Å². The zero-order valence-corrected chi connectivity index (χ0v) is 9.69. The summed E-state index contributed by atoms with van der Waals surface area (Å²) in [7, 11) is 2.06. The Morgan fingerprint density at radius 3 is 2.53 bits per heavy atom. The van der Waals surface area contributed by atoms with Gasteiger partial charge in [0.1, 0.15) is 0 Å². The molecule has 1 unspecified atom stereocenters. The van der Waals surface area contributed by atoms with Crippen molar-refractivity contribution in [3.05, 3.63) is 35.9 Å².